The van der Waals surface area contributed by atoms with E-state index < -0.39 is 6.17 Å². The van der Waals surface area contributed by atoms with Crippen molar-refractivity contribution >= 4 is 21.8 Å². The zero-order chi connectivity index (χ0) is 16.4. The van der Waals surface area contributed by atoms with Gasteiger partial charge in [-0.3, -0.25) is 4.79 Å². The lowest BCUT2D eigenvalue weighted by Crippen LogP contribution is -2.55. The molecule has 23 heavy (non-hydrogen) atoms. The second-order valence-electron chi connectivity index (χ2n) is 6.34. The first kappa shape index (κ1) is 16.9. The third-order valence-corrected chi connectivity index (χ3v) is 5.41. The third-order valence-electron chi connectivity index (χ3n) is 4.88. The highest BCUT2D eigenvalue weighted by atomic mass is 79.9. The summed E-state index contributed by atoms with van der Waals surface area (Å²) >= 11 is 3.42. The van der Waals surface area contributed by atoms with Crippen LogP contribution in [0.25, 0.3) is 0 Å². The Morgan fingerprint density at radius 2 is 2.04 bits per heavy atom. The molecule has 1 heterocycles. The van der Waals surface area contributed by atoms with Crippen molar-refractivity contribution in [3.05, 3.63) is 34.3 Å². The van der Waals surface area contributed by atoms with Crippen LogP contribution >= 0.6 is 15.9 Å². The number of alkyl halides is 1. The van der Waals surface area contributed by atoms with Gasteiger partial charge in [-0.25, -0.2) is 4.39 Å². The lowest BCUT2D eigenvalue weighted by molar-refractivity contribution is -0.144. The van der Waals surface area contributed by atoms with Crippen LogP contribution in [0.2, 0.25) is 0 Å². The van der Waals surface area contributed by atoms with Crippen molar-refractivity contribution in [3.63, 3.8) is 0 Å². The van der Waals surface area contributed by atoms with E-state index in [-0.39, 0.29) is 29.9 Å². The minimum atomic E-state index is -0.888. The number of benzene rings is 1. The van der Waals surface area contributed by atoms with Crippen LogP contribution in [0.4, 0.5) is 4.39 Å². The molecule has 1 aromatic rings. The van der Waals surface area contributed by atoms with E-state index in [0.717, 1.165) is 10.0 Å². The molecule has 1 saturated heterocycles. The average molecular weight is 385 g/mol. The van der Waals surface area contributed by atoms with Gasteiger partial charge < -0.3 is 15.8 Å². The fourth-order valence-electron chi connectivity index (χ4n) is 3.79. The summed E-state index contributed by atoms with van der Waals surface area (Å²) in [6.07, 6.45) is 0.439. The molecule has 1 aliphatic carbocycles. The summed E-state index contributed by atoms with van der Waals surface area (Å²) in [5, 5.41) is 3.04. The molecular formula is C17H22BrFN2O2. The van der Waals surface area contributed by atoms with Gasteiger partial charge in [0.15, 0.2) is 0 Å². The van der Waals surface area contributed by atoms with Crippen molar-refractivity contribution in [1.29, 1.82) is 0 Å². The van der Waals surface area contributed by atoms with Gasteiger partial charge in [0.25, 0.3) is 0 Å². The number of carbonyl (C=O) groups excluding carboxylic acids is 1. The van der Waals surface area contributed by atoms with Crippen LogP contribution in [-0.4, -0.2) is 31.3 Å². The standard InChI is InChI=1S/C17H22BrFN2O2/c18-11-3-1-10(2-4-11)15-16(23-8-7-20)13-6-5-12(19)9-14(13)17(22)21-15/h1-4,12-16H,5-9,20H2,(H,21,22). The van der Waals surface area contributed by atoms with Gasteiger partial charge in [0.1, 0.15) is 6.17 Å². The van der Waals surface area contributed by atoms with Crippen molar-refractivity contribution in [3.8, 4) is 0 Å². The summed E-state index contributed by atoms with van der Waals surface area (Å²) in [6.45, 7) is 0.871. The van der Waals surface area contributed by atoms with Crippen molar-refractivity contribution in [2.75, 3.05) is 13.2 Å². The van der Waals surface area contributed by atoms with E-state index >= 15 is 0 Å². The molecule has 126 valence electrons. The Morgan fingerprint density at radius 1 is 1.30 bits per heavy atom. The monoisotopic (exact) mass is 384 g/mol. The largest absolute Gasteiger partial charge is 0.374 e. The van der Waals surface area contributed by atoms with Gasteiger partial charge in [-0.05, 0) is 42.9 Å². The maximum atomic E-state index is 13.7. The van der Waals surface area contributed by atoms with Gasteiger partial charge in [0.2, 0.25) is 5.91 Å². The molecule has 5 atom stereocenters. The number of piperidine rings is 1. The molecule has 0 spiro atoms. The Labute approximate surface area is 144 Å². The topological polar surface area (TPSA) is 64.3 Å². The summed E-state index contributed by atoms with van der Waals surface area (Å²) in [7, 11) is 0. The first-order chi connectivity index (χ1) is 11.1. The Hall–Kier alpha value is -0.980. The molecular weight excluding hydrogens is 363 g/mol. The molecule has 2 aliphatic rings. The number of fused-ring (bicyclic) bond motifs is 1. The van der Waals surface area contributed by atoms with Gasteiger partial charge in [-0.2, -0.15) is 0 Å². The Balaban J connectivity index is 1.88. The molecule has 0 aromatic heterocycles. The number of ether oxygens (including phenoxy) is 1. The first-order valence-corrected chi connectivity index (χ1v) is 8.91. The predicted octanol–water partition coefficient (Wildman–Crippen LogP) is 2.72. The third kappa shape index (κ3) is 3.59. The minimum Gasteiger partial charge on any atom is -0.374 e. The van der Waals surface area contributed by atoms with E-state index in [1.165, 1.54) is 0 Å². The Bertz CT molecular complexity index is 554. The molecule has 3 rings (SSSR count). The fourth-order valence-corrected chi connectivity index (χ4v) is 4.06. The van der Waals surface area contributed by atoms with Crippen molar-refractivity contribution in [2.45, 2.75) is 37.6 Å². The van der Waals surface area contributed by atoms with E-state index in [1.54, 1.807) is 0 Å². The smallest absolute Gasteiger partial charge is 0.224 e. The van der Waals surface area contributed by atoms with Gasteiger partial charge in [-0.1, -0.05) is 28.1 Å². The number of hydrogen-bond acceptors (Lipinski definition) is 3. The molecule has 1 saturated carbocycles. The predicted molar refractivity (Wildman–Crippen MR) is 89.5 cm³/mol. The van der Waals surface area contributed by atoms with Crippen molar-refractivity contribution in [1.82, 2.24) is 5.32 Å². The van der Waals surface area contributed by atoms with Crippen LogP contribution < -0.4 is 11.1 Å². The molecule has 4 nitrogen and oxygen atoms in total. The van der Waals surface area contributed by atoms with Crippen molar-refractivity contribution < 1.29 is 13.9 Å². The molecule has 1 amide bonds. The summed E-state index contributed by atoms with van der Waals surface area (Å²) in [6, 6.07) is 7.65. The summed E-state index contributed by atoms with van der Waals surface area (Å²) < 4.78 is 20.7. The highest BCUT2D eigenvalue weighted by Gasteiger charge is 2.47. The molecule has 1 aliphatic heterocycles. The number of rotatable bonds is 4. The van der Waals surface area contributed by atoms with Crippen molar-refractivity contribution in [2.24, 2.45) is 17.6 Å². The second-order valence-corrected chi connectivity index (χ2v) is 7.26. The van der Waals surface area contributed by atoms with Crippen LogP contribution in [0.3, 0.4) is 0 Å². The lowest BCUT2D eigenvalue weighted by atomic mass is 9.70. The highest BCUT2D eigenvalue weighted by Crippen LogP contribution is 2.42. The molecule has 3 N–H and O–H groups in total. The van der Waals surface area contributed by atoms with Gasteiger partial charge in [-0.15, -0.1) is 0 Å². The zero-order valence-electron chi connectivity index (χ0n) is 12.9. The second kappa shape index (κ2) is 7.28. The van der Waals surface area contributed by atoms with Gasteiger partial charge >= 0.3 is 0 Å². The van der Waals surface area contributed by atoms with E-state index in [4.69, 9.17) is 10.5 Å². The number of amides is 1. The first-order valence-electron chi connectivity index (χ1n) is 8.11. The Kier molecular flexibility index (Phi) is 5.34. The Morgan fingerprint density at radius 3 is 2.74 bits per heavy atom. The number of hydrogen-bond donors (Lipinski definition) is 2. The van der Waals surface area contributed by atoms with Crippen LogP contribution in [0.5, 0.6) is 0 Å². The summed E-state index contributed by atoms with van der Waals surface area (Å²) in [5.41, 5.74) is 6.59. The minimum absolute atomic E-state index is 0.0518. The molecule has 5 unspecified atom stereocenters. The van der Waals surface area contributed by atoms with Crippen LogP contribution in [-0.2, 0) is 9.53 Å². The molecule has 0 bridgehead atoms. The zero-order valence-corrected chi connectivity index (χ0v) is 14.5. The molecule has 1 aromatic carbocycles. The van der Waals surface area contributed by atoms with E-state index in [1.807, 2.05) is 24.3 Å². The number of halogens is 2. The quantitative estimate of drug-likeness (QED) is 0.838. The van der Waals surface area contributed by atoms with Crippen LogP contribution in [0.15, 0.2) is 28.7 Å². The summed E-state index contributed by atoms with van der Waals surface area (Å²) in [5.74, 6) is -0.304. The lowest BCUT2D eigenvalue weighted by Gasteiger charge is -2.45. The van der Waals surface area contributed by atoms with Crippen LogP contribution in [0.1, 0.15) is 30.9 Å². The van der Waals surface area contributed by atoms with Crippen LogP contribution in [0, 0.1) is 11.8 Å². The average Bonchev–Trinajstić information content (AvgIpc) is 2.55. The van der Waals surface area contributed by atoms with Gasteiger partial charge in [0.05, 0.1) is 18.8 Å². The number of nitrogens with one attached hydrogen (secondary N) is 1. The molecule has 6 heteroatoms. The highest BCUT2D eigenvalue weighted by molar-refractivity contribution is 9.10. The maximum Gasteiger partial charge on any atom is 0.224 e. The summed E-state index contributed by atoms with van der Waals surface area (Å²) in [4.78, 5) is 12.5. The molecule has 2 fully saturated rings. The molecule has 0 radical (unpaired) electrons. The van der Waals surface area contributed by atoms with E-state index in [2.05, 4.69) is 21.2 Å². The SMILES string of the molecule is NCCOC1C(c2ccc(Br)cc2)NC(=O)C2CC(F)CCC21. The van der Waals surface area contributed by atoms with E-state index in [0.29, 0.717) is 32.4 Å². The maximum absolute atomic E-state index is 13.7. The van der Waals surface area contributed by atoms with Gasteiger partial charge in [0, 0.05) is 16.9 Å². The number of nitrogens with two attached hydrogens (primary N) is 1. The number of carbonyl (C=O) groups is 1. The normalized spacial score (nSPS) is 33.9. The van der Waals surface area contributed by atoms with E-state index in [9.17, 15) is 9.18 Å². The fraction of sp³-hybridized carbons (Fsp3) is 0.588.